The van der Waals surface area contributed by atoms with E-state index in [4.69, 9.17) is 10.00 Å². The minimum absolute atomic E-state index is 0.0878. The van der Waals surface area contributed by atoms with E-state index < -0.39 is 0 Å². The Morgan fingerprint density at radius 1 is 1.29 bits per heavy atom. The van der Waals surface area contributed by atoms with Gasteiger partial charge in [-0.3, -0.25) is 0 Å². The second-order valence-corrected chi connectivity index (χ2v) is 5.21. The molecule has 5 nitrogen and oxygen atoms in total. The monoisotopic (exact) mass is 280 g/mol. The largest absolute Gasteiger partial charge is 0.488 e. The van der Waals surface area contributed by atoms with Crippen molar-refractivity contribution >= 4 is 5.82 Å². The Labute approximate surface area is 123 Å². The summed E-state index contributed by atoms with van der Waals surface area (Å²) in [6, 6.07) is 13.7. The molecule has 0 N–H and O–H groups in total. The van der Waals surface area contributed by atoms with Crippen molar-refractivity contribution in [2.45, 2.75) is 25.5 Å². The third-order valence-corrected chi connectivity index (χ3v) is 3.95. The predicted octanol–water partition coefficient (Wildman–Crippen LogP) is 2.18. The summed E-state index contributed by atoms with van der Waals surface area (Å²) in [6.45, 7) is 2.11. The molecule has 1 aromatic heterocycles. The number of nitrogens with zero attached hydrogens (tertiary/aromatic N) is 4. The van der Waals surface area contributed by atoms with E-state index in [0.29, 0.717) is 5.69 Å². The predicted molar refractivity (Wildman–Crippen MR) is 79.2 cm³/mol. The van der Waals surface area contributed by atoms with Gasteiger partial charge in [0.1, 0.15) is 17.9 Å². The number of benzene rings is 1. The van der Waals surface area contributed by atoms with E-state index in [-0.39, 0.29) is 12.1 Å². The molecule has 0 radical (unpaired) electrons. The summed E-state index contributed by atoms with van der Waals surface area (Å²) in [5.74, 6) is 1.70. The number of ether oxygens (including phenoxy) is 1. The Balaban J connectivity index is 1.73. The first-order chi connectivity index (χ1) is 10.2. The van der Waals surface area contributed by atoms with E-state index in [9.17, 15) is 0 Å². The van der Waals surface area contributed by atoms with Crippen molar-refractivity contribution in [3.05, 3.63) is 47.7 Å². The molecule has 2 atom stereocenters. The highest BCUT2D eigenvalue weighted by molar-refractivity contribution is 5.42. The van der Waals surface area contributed by atoms with Gasteiger partial charge in [-0.05, 0) is 30.7 Å². The summed E-state index contributed by atoms with van der Waals surface area (Å²) in [4.78, 5) is 2.03. The number of para-hydroxylation sites is 1. The SMILES string of the molecule is CC(C1Cc2ccccc2O1)N(C)c1ccc(C#N)nn1. The van der Waals surface area contributed by atoms with Gasteiger partial charge in [-0.1, -0.05) is 18.2 Å². The molecule has 1 aliphatic rings. The van der Waals surface area contributed by atoms with Gasteiger partial charge in [-0.15, -0.1) is 10.2 Å². The van der Waals surface area contributed by atoms with Gasteiger partial charge in [-0.2, -0.15) is 5.26 Å². The average Bonchev–Trinajstić information content (AvgIpc) is 2.97. The average molecular weight is 280 g/mol. The fraction of sp³-hybridized carbons (Fsp3) is 0.312. The number of rotatable bonds is 3. The Bertz CT molecular complexity index is 652. The zero-order chi connectivity index (χ0) is 14.8. The third-order valence-electron chi connectivity index (χ3n) is 3.95. The number of aromatic nitrogens is 2. The highest BCUT2D eigenvalue weighted by atomic mass is 16.5. The second kappa shape index (κ2) is 5.41. The van der Waals surface area contributed by atoms with Gasteiger partial charge < -0.3 is 9.64 Å². The first-order valence-electron chi connectivity index (χ1n) is 6.90. The van der Waals surface area contributed by atoms with Crippen LogP contribution in [0.3, 0.4) is 0 Å². The lowest BCUT2D eigenvalue weighted by Crippen LogP contribution is -2.42. The summed E-state index contributed by atoms with van der Waals surface area (Å²) in [7, 11) is 1.97. The molecule has 3 rings (SSSR count). The molecule has 106 valence electrons. The van der Waals surface area contributed by atoms with Crippen molar-refractivity contribution in [3.8, 4) is 11.8 Å². The van der Waals surface area contributed by atoms with Gasteiger partial charge in [0.05, 0.1) is 6.04 Å². The second-order valence-electron chi connectivity index (χ2n) is 5.21. The van der Waals surface area contributed by atoms with Crippen LogP contribution >= 0.6 is 0 Å². The number of nitriles is 1. The Kier molecular flexibility index (Phi) is 3.44. The van der Waals surface area contributed by atoms with E-state index in [2.05, 4.69) is 23.2 Å². The van der Waals surface area contributed by atoms with Crippen LogP contribution in [0.1, 0.15) is 18.2 Å². The molecule has 1 aromatic carbocycles. The molecule has 21 heavy (non-hydrogen) atoms. The Morgan fingerprint density at radius 3 is 2.76 bits per heavy atom. The van der Waals surface area contributed by atoms with Crippen LogP contribution in [0, 0.1) is 11.3 Å². The molecular formula is C16H16N4O. The highest BCUT2D eigenvalue weighted by Gasteiger charge is 2.30. The van der Waals surface area contributed by atoms with Crippen molar-refractivity contribution in [3.63, 3.8) is 0 Å². The van der Waals surface area contributed by atoms with Crippen LogP contribution in [0.2, 0.25) is 0 Å². The van der Waals surface area contributed by atoms with E-state index in [0.717, 1.165) is 18.0 Å². The minimum Gasteiger partial charge on any atom is -0.488 e. The van der Waals surface area contributed by atoms with Gasteiger partial charge in [-0.25, -0.2) is 0 Å². The quantitative estimate of drug-likeness (QED) is 0.862. The van der Waals surface area contributed by atoms with Crippen LogP contribution in [0.15, 0.2) is 36.4 Å². The van der Waals surface area contributed by atoms with Gasteiger partial charge >= 0.3 is 0 Å². The Morgan fingerprint density at radius 2 is 2.10 bits per heavy atom. The molecule has 0 saturated carbocycles. The standard InChI is InChI=1S/C16H16N4O/c1-11(15-9-12-5-3-4-6-14(12)21-15)20(2)16-8-7-13(10-17)18-19-16/h3-8,11,15H,9H2,1-2H3. The highest BCUT2D eigenvalue weighted by Crippen LogP contribution is 2.31. The van der Waals surface area contributed by atoms with Crippen molar-refractivity contribution in [1.82, 2.24) is 10.2 Å². The summed E-state index contributed by atoms with van der Waals surface area (Å²) >= 11 is 0. The van der Waals surface area contributed by atoms with E-state index in [1.54, 1.807) is 6.07 Å². The molecule has 0 spiro atoms. The number of hydrogen-bond acceptors (Lipinski definition) is 5. The maximum atomic E-state index is 8.76. The molecule has 1 aliphatic heterocycles. The van der Waals surface area contributed by atoms with Crippen LogP contribution in [0.25, 0.3) is 0 Å². The molecular weight excluding hydrogens is 264 g/mol. The maximum absolute atomic E-state index is 8.76. The van der Waals surface area contributed by atoms with Crippen LogP contribution in [-0.4, -0.2) is 29.4 Å². The van der Waals surface area contributed by atoms with Gasteiger partial charge in [0.2, 0.25) is 0 Å². The first kappa shape index (κ1) is 13.4. The number of anilines is 1. The lowest BCUT2D eigenvalue weighted by atomic mass is 10.0. The molecule has 0 saturated heterocycles. The fourth-order valence-electron chi connectivity index (χ4n) is 2.51. The van der Waals surface area contributed by atoms with Crippen LogP contribution in [0.4, 0.5) is 5.82 Å². The molecule has 2 heterocycles. The summed E-state index contributed by atoms with van der Waals surface area (Å²) in [6.07, 6.45) is 0.982. The Hall–Kier alpha value is -2.61. The molecule has 0 aliphatic carbocycles. The fourth-order valence-corrected chi connectivity index (χ4v) is 2.51. The number of fused-ring (bicyclic) bond motifs is 1. The topological polar surface area (TPSA) is 62.0 Å². The summed E-state index contributed by atoms with van der Waals surface area (Å²) in [5.41, 5.74) is 1.57. The van der Waals surface area contributed by atoms with Crippen molar-refractivity contribution in [1.29, 1.82) is 5.26 Å². The zero-order valence-corrected chi connectivity index (χ0v) is 12.0. The van der Waals surface area contributed by atoms with Gasteiger partial charge in [0.15, 0.2) is 11.5 Å². The summed E-state index contributed by atoms with van der Waals surface area (Å²) in [5, 5.41) is 16.7. The van der Waals surface area contributed by atoms with Gasteiger partial charge in [0, 0.05) is 13.5 Å². The van der Waals surface area contributed by atoms with E-state index >= 15 is 0 Å². The van der Waals surface area contributed by atoms with Crippen molar-refractivity contribution < 1.29 is 4.74 Å². The third kappa shape index (κ3) is 2.52. The van der Waals surface area contributed by atoms with Crippen LogP contribution < -0.4 is 9.64 Å². The number of hydrogen-bond donors (Lipinski definition) is 0. The molecule has 5 heteroatoms. The van der Waals surface area contributed by atoms with Crippen LogP contribution in [0.5, 0.6) is 5.75 Å². The molecule has 0 fully saturated rings. The summed E-state index contributed by atoms with van der Waals surface area (Å²) < 4.78 is 6.01. The van der Waals surface area contributed by atoms with Crippen LogP contribution in [-0.2, 0) is 6.42 Å². The smallest absolute Gasteiger partial charge is 0.163 e. The molecule has 0 amide bonds. The first-order valence-corrected chi connectivity index (χ1v) is 6.90. The molecule has 2 aromatic rings. The lowest BCUT2D eigenvalue weighted by molar-refractivity contribution is 0.202. The van der Waals surface area contributed by atoms with Gasteiger partial charge in [0.25, 0.3) is 0 Å². The minimum atomic E-state index is 0.0878. The molecule has 2 unspecified atom stereocenters. The maximum Gasteiger partial charge on any atom is 0.163 e. The van der Waals surface area contributed by atoms with Crippen molar-refractivity contribution in [2.75, 3.05) is 11.9 Å². The molecule has 0 bridgehead atoms. The van der Waals surface area contributed by atoms with E-state index in [1.165, 1.54) is 5.56 Å². The van der Waals surface area contributed by atoms with E-state index in [1.807, 2.05) is 42.3 Å². The zero-order valence-electron chi connectivity index (χ0n) is 12.0. The lowest BCUT2D eigenvalue weighted by Gasteiger charge is -2.29. The van der Waals surface area contributed by atoms with Crippen molar-refractivity contribution in [2.24, 2.45) is 0 Å². The number of likely N-dealkylation sites (N-methyl/N-ethyl adjacent to an activating group) is 1. The normalized spacial score (nSPS) is 17.5.